The molecule has 1 aromatic heterocycles. The molecule has 1 heterocycles. The van der Waals surface area contributed by atoms with E-state index in [0.29, 0.717) is 29.4 Å². The highest BCUT2D eigenvalue weighted by Gasteiger charge is 2.31. The van der Waals surface area contributed by atoms with Crippen molar-refractivity contribution in [3.8, 4) is 0 Å². The molecule has 2 N–H and O–H groups in total. The molecule has 0 saturated heterocycles. The Labute approximate surface area is 101 Å². The minimum absolute atomic E-state index is 0.582. The van der Waals surface area contributed by atoms with E-state index in [4.69, 9.17) is 0 Å². The molecule has 2 aromatic rings. The molecule has 0 saturated carbocycles. The third-order valence-electron chi connectivity index (χ3n) is 3.50. The summed E-state index contributed by atoms with van der Waals surface area (Å²) < 4.78 is 38.0. The number of aliphatic hydroxyl groups is 1. The van der Waals surface area contributed by atoms with Gasteiger partial charge in [0.25, 0.3) is 0 Å². The van der Waals surface area contributed by atoms with E-state index in [-0.39, 0.29) is 0 Å². The Balaban J connectivity index is 2.22. The van der Waals surface area contributed by atoms with Gasteiger partial charge in [0.2, 0.25) is 0 Å². The molecule has 18 heavy (non-hydrogen) atoms. The standard InChI is InChI=1S/C13H12F3NO/c14-13(15,16)7-4-5-10-9(6-7)8-2-1-3-11(18)12(8)17-10/h4-6,11,17-18H,1-3H2/t11-/m1/s1. The zero-order valence-electron chi connectivity index (χ0n) is 9.51. The van der Waals surface area contributed by atoms with Crippen LogP contribution in [-0.2, 0) is 12.6 Å². The van der Waals surface area contributed by atoms with E-state index in [2.05, 4.69) is 4.98 Å². The lowest BCUT2D eigenvalue weighted by Crippen LogP contribution is -2.08. The van der Waals surface area contributed by atoms with Crippen LogP contribution in [0.1, 0.15) is 35.8 Å². The van der Waals surface area contributed by atoms with E-state index in [1.807, 2.05) is 0 Å². The molecule has 0 radical (unpaired) electrons. The molecular weight excluding hydrogens is 243 g/mol. The van der Waals surface area contributed by atoms with Crippen molar-refractivity contribution in [1.29, 1.82) is 0 Å². The third kappa shape index (κ3) is 1.70. The molecule has 0 spiro atoms. The molecule has 0 bridgehead atoms. The second-order valence-corrected chi connectivity index (χ2v) is 4.68. The van der Waals surface area contributed by atoms with Gasteiger partial charge < -0.3 is 10.1 Å². The molecule has 1 aliphatic carbocycles. The number of benzene rings is 1. The van der Waals surface area contributed by atoms with Crippen molar-refractivity contribution in [1.82, 2.24) is 4.98 Å². The average molecular weight is 255 g/mol. The number of fused-ring (bicyclic) bond motifs is 3. The molecule has 2 nitrogen and oxygen atoms in total. The van der Waals surface area contributed by atoms with Crippen LogP contribution in [0.5, 0.6) is 0 Å². The van der Waals surface area contributed by atoms with Crippen molar-refractivity contribution >= 4 is 10.9 Å². The van der Waals surface area contributed by atoms with Gasteiger partial charge in [-0.15, -0.1) is 0 Å². The molecule has 1 atom stereocenters. The van der Waals surface area contributed by atoms with Crippen molar-refractivity contribution in [3.05, 3.63) is 35.0 Å². The van der Waals surface area contributed by atoms with Gasteiger partial charge in [0, 0.05) is 16.6 Å². The van der Waals surface area contributed by atoms with Crippen molar-refractivity contribution in [2.75, 3.05) is 0 Å². The van der Waals surface area contributed by atoms with E-state index < -0.39 is 17.8 Å². The van der Waals surface area contributed by atoms with Gasteiger partial charge in [-0.3, -0.25) is 0 Å². The molecule has 96 valence electrons. The number of aromatic nitrogens is 1. The molecule has 1 aliphatic rings. The number of alkyl halides is 3. The summed E-state index contributed by atoms with van der Waals surface area (Å²) in [6, 6.07) is 3.67. The van der Waals surface area contributed by atoms with Crippen LogP contribution in [0.2, 0.25) is 0 Å². The van der Waals surface area contributed by atoms with Crippen LogP contribution < -0.4 is 0 Å². The van der Waals surface area contributed by atoms with Crippen LogP contribution in [-0.4, -0.2) is 10.1 Å². The summed E-state index contributed by atoms with van der Waals surface area (Å²) in [7, 11) is 0. The molecule has 0 unspecified atom stereocenters. The summed E-state index contributed by atoms with van der Waals surface area (Å²) in [5.41, 5.74) is 1.52. The SMILES string of the molecule is O[C@@H]1CCCc2c1[nH]c1ccc(C(F)(F)F)cc21. The van der Waals surface area contributed by atoms with Gasteiger partial charge in [-0.1, -0.05) is 0 Å². The Morgan fingerprint density at radius 1 is 1.28 bits per heavy atom. The number of halogens is 3. The summed E-state index contributed by atoms with van der Waals surface area (Å²) in [4.78, 5) is 3.03. The fraction of sp³-hybridized carbons (Fsp3) is 0.385. The van der Waals surface area contributed by atoms with E-state index in [0.717, 1.165) is 18.1 Å². The fourth-order valence-electron chi connectivity index (χ4n) is 2.62. The van der Waals surface area contributed by atoms with Gasteiger partial charge in [0.15, 0.2) is 0 Å². The summed E-state index contributed by atoms with van der Waals surface area (Å²) in [5, 5.41) is 10.4. The van der Waals surface area contributed by atoms with Crippen LogP contribution in [0.25, 0.3) is 10.9 Å². The van der Waals surface area contributed by atoms with Crippen molar-refractivity contribution in [3.63, 3.8) is 0 Å². The third-order valence-corrected chi connectivity index (χ3v) is 3.50. The molecule has 3 rings (SSSR count). The van der Waals surface area contributed by atoms with E-state index in [9.17, 15) is 18.3 Å². The highest BCUT2D eigenvalue weighted by Crippen LogP contribution is 2.37. The number of nitrogens with one attached hydrogen (secondary N) is 1. The first kappa shape index (κ1) is 11.6. The van der Waals surface area contributed by atoms with E-state index >= 15 is 0 Å². The first-order chi connectivity index (χ1) is 8.47. The zero-order chi connectivity index (χ0) is 12.9. The maximum atomic E-state index is 12.7. The lowest BCUT2D eigenvalue weighted by atomic mass is 9.93. The van der Waals surface area contributed by atoms with E-state index in [1.54, 1.807) is 0 Å². The Hall–Kier alpha value is -1.49. The number of rotatable bonds is 0. The molecule has 0 aliphatic heterocycles. The van der Waals surface area contributed by atoms with Gasteiger partial charge >= 0.3 is 6.18 Å². The lowest BCUT2D eigenvalue weighted by molar-refractivity contribution is -0.137. The Kier molecular flexibility index (Phi) is 2.41. The van der Waals surface area contributed by atoms with E-state index in [1.165, 1.54) is 12.1 Å². The minimum atomic E-state index is -4.33. The normalized spacial score (nSPS) is 20.1. The topological polar surface area (TPSA) is 36.0 Å². The first-order valence-corrected chi connectivity index (χ1v) is 5.86. The quantitative estimate of drug-likeness (QED) is 0.742. The monoisotopic (exact) mass is 255 g/mol. The number of hydrogen-bond donors (Lipinski definition) is 2. The predicted molar refractivity (Wildman–Crippen MR) is 61.2 cm³/mol. The molecule has 0 fully saturated rings. The predicted octanol–water partition coefficient (Wildman–Crippen LogP) is 3.56. The summed E-state index contributed by atoms with van der Waals surface area (Å²) in [6.07, 6.45) is -2.74. The number of H-pyrrole nitrogens is 1. The summed E-state index contributed by atoms with van der Waals surface area (Å²) >= 11 is 0. The van der Waals surface area contributed by atoms with Gasteiger partial charge in [-0.25, -0.2) is 0 Å². The molecule has 1 aromatic carbocycles. The Morgan fingerprint density at radius 2 is 2.06 bits per heavy atom. The van der Waals surface area contributed by atoms with Crippen LogP contribution in [0, 0.1) is 0 Å². The maximum Gasteiger partial charge on any atom is 0.416 e. The second-order valence-electron chi connectivity index (χ2n) is 4.68. The summed E-state index contributed by atoms with van der Waals surface area (Å²) in [6.45, 7) is 0. The van der Waals surface area contributed by atoms with Crippen LogP contribution in [0.3, 0.4) is 0 Å². The van der Waals surface area contributed by atoms with Crippen molar-refractivity contribution < 1.29 is 18.3 Å². The average Bonchev–Trinajstić information content (AvgIpc) is 2.67. The van der Waals surface area contributed by atoms with Gasteiger partial charge in [0.05, 0.1) is 11.7 Å². The molecular formula is C13H12F3NO. The second kappa shape index (κ2) is 3.75. The van der Waals surface area contributed by atoms with Gasteiger partial charge in [0.1, 0.15) is 0 Å². The van der Waals surface area contributed by atoms with Gasteiger partial charge in [-0.05, 0) is 43.0 Å². The number of hydrogen-bond acceptors (Lipinski definition) is 1. The number of aromatic amines is 1. The number of aryl methyl sites for hydroxylation is 1. The van der Waals surface area contributed by atoms with Crippen molar-refractivity contribution in [2.45, 2.75) is 31.5 Å². The molecule has 5 heteroatoms. The highest BCUT2D eigenvalue weighted by molar-refractivity contribution is 5.85. The lowest BCUT2D eigenvalue weighted by Gasteiger charge is -2.17. The first-order valence-electron chi connectivity index (χ1n) is 5.86. The zero-order valence-corrected chi connectivity index (χ0v) is 9.51. The highest BCUT2D eigenvalue weighted by atomic mass is 19.4. The number of aliphatic hydroxyl groups excluding tert-OH is 1. The fourth-order valence-corrected chi connectivity index (χ4v) is 2.62. The largest absolute Gasteiger partial charge is 0.416 e. The van der Waals surface area contributed by atoms with Crippen LogP contribution in [0.15, 0.2) is 18.2 Å². The Morgan fingerprint density at radius 3 is 2.78 bits per heavy atom. The van der Waals surface area contributed by atoms with Crippen LogP contribution >= 0.6 is 0 Å². The van der Waals surface area contributed by atoms with Crippen LogP contribution in [0.4, 0.5) is 13.2 Å². The summed E-state index contributed by atoms with van der Waals surface area (Å²) in [5.74, 6) is 0. The molecule has 0 amide bonds. The Bertz CT molecular complexity index is 600. The smallest absolute Gasteiger partial charge is 0.387 e. The minimum Gasteiger partial charge on any atom is -0.387 e. The van der Waals surface area contributed by atoms with Crippen molar-refractivity contribution in [2.24, 2.45) is 0 Å². The van der Waals surface area contributed by atoms with Gasteiger partial charge in [-0.2, -0.15) is 13.2 Å². The maximum absolute atomic E-state index is 12.7.